The van der Waals surface area contributed by atoms with Crippen LogP contribution >= 0.6 is 11.6 Å². The first-order valence-electron chi connectivity index (χ1n) is 6.19. The van der Waals surface area contributed by atoms with E-state index in [9.17, 15) is 0 Å². The van der Waals surface area contributed by atoms with Crippen LogP contribution < -0.4 is 16.2 Å². The Balaban J connectivity index is 2.76. The molecular formula is C16H17ClN2O. The van der Waals surface area contributed by atoms with Crippen LogP contribution in [0.15, 0.2) is 36.5 Å². The highest BCUT2D eigenvalue weighted by Gasteiger charge is 2.14. The van der Waals surface area contributed by atoms with Crippen LogP contribution in [0.3, 0.4) is 0 Å². The van der Waals surface area contributed by atoms with Crippen molar-refractivity contribution < 1.29 is 4.74 Å². The molecule has 0 spiro atoms. The molecule has 0 aromatic heterocycles. The second-order valence-electron chi connectivity index (χ2n) is 4.45. The molecule has 2 aromatic rings. The van der Waals surface area contributed by atoms with Gasteiger partial charge in [0.05, 0.1) is 7.11 Å². The maximum atomic E-state index is 6.09. The molecule has 0 fully saturated rings. The fourth-order valence-electron chi connectivity index (χ4n) is 2.24. The number of halogens is 1. The summed E-state index contributed by atoms with van der Waals surface area (Å²) >= 11 is 6.09. The van der Waals surface area contributed by atoms with Crippen LogP contribution in [0.25, 0.3) is 17.2 Å². The molecule has 0 aliphatic carbocycles. The van der Waals surface area contributed by atoms with E-state index in [-0.39, 0.29) is 0 Å². The van der Waals surface area contributed by atoms with Crippen LogP contribution in [0, 0.1) is 6.92 Å². The van der Waals surface area contributed by atoms with Crippen LogP contribution in [-0.2, 0) is 0 Å². The van der Waals surface area contributed by atoms with Gasteiger partial charge in [-0.15, -0.1) is 0 Å². The number of nitrogens with two attached hydrogens (primary N) is 2. The molecule has 2 aromatic carbocycles. The number of rotatable bonds is 3. The Hall–Kier alpha value is -2.13. The van der Waals surface area contributed by atoms with E-state index in [1.165, 1.54) is 6.20 Å². The van der Waals surface area contributed by atoms with Gasteiger partial charge in [-0.05, 0) is 54.6 Å². The van der Waals surface area contributed by atoms with Gasteiger partial charge in [-0.25, -0.2) is 0 Å². The maximum absolute atomic E-state index is 6.09. The molecule has 0 aliphatic rings. The molecule has 0 unspecified atom stereocenters. The molecule has 2 rings (SSSR count). The second kappa shape index (κ2) is 5.88. The molecular weight excluding hydrogens is 272 g/mol. The van der Waals surface area contributed by atoms with Gasteiger partial charge in [-0.1, -0.05) is 17.7 Å². The highest BCUT2D eigenvalue weighted by molar-refractivity contribution is 6.31. The minimum absolute atomic E-state index is 0.635. The van der Waals surface area contributed by atoms with Crippen LogP contribution in [0.1, 0.15) is 11.1 Å². The monoisotopic (exact) mass is 288 g/mol. The number of methoxy groups -OCH3 is 1. The van der Waals surface area contributed by atoms with Gasteiger partial charge < -0.3 is 16.2 Å². The number of hydrogen-bond donors (Lipinski definition) is 2. The molecule has 0 aliphatic heterocycles. The molecule has 0 bridgehead atoms. The topological polar surface area (TPSA) is 61.3 Å². The summed E-state index contributed by atoms with van der Waals surface area (Å²) in [7, 11) is 1.64. The van der Waals surface area contributed by atoms with Crippen molar-refractivity contribution in [3.05, 3.63) is 52.7 Å². The number of hydrogen-bond acceptors (Lipinski definition) is 3. The highest BCUT2D eigenvalue weighted by Crippen LogP contribution is 2.39. The summed E-state index contributed by atoms with van der Waals surface area (Å²) in [5.74, 6) is 0.755. The lowest BCUT2D eigenvalue weighted by Gasteiger charge is -2.16. The predicted octanol–water partition coefficient (Wildman–Crippen LogP) is 3.84. The second-order valence-corrected chi connectivity index (χ2v) is 4.88. The average Bonchev–Trinajstić information content (AvgIpc) is 2.44. The average molecular weight is 289 g/mol. The summed E-state index contributed by atoms with van der Waals surface area (Å²) in [6, 6.07) is 9.27. The van der Waals surface area contributed by atoms with Gasteiger partial charge in [-0.3, -0.25) is 0 Å². The Bertz CT molecular complexity index is 666. The summed E-state index contributed by atoms with van der Waals surface area (Å²) < 4.78 is 5.45. The lowest BCUT2D eigenvalue weighted by molar-refractivity contribution is 0.416. The van der Waals surface area contributed by atoms with E-state index in [4.69, 9.17) is 27.8 Å². The minimum Gasteiger partial charge on any atom is -0.496 e. The fraction of sp³-hybridized carbons (Fsp3) is 0.125. The molecule has 0 heterocycles. The van der Waals surface area contributed by atoms with Crippen LogP contribution in [0.5, 0.6) is 5.75 Å². The van der Waals surface area contributed by atoms with Crippen molar-refractivity contribution in [1.29, 1.82) is 0 Å². The lowest BCUT2D eigenvalue weighted by atomic mass is 9.94. The Kier molecular flexibility index (Phi) is 4.20. The summed E-state index contributed by atoms with van der Waals surface area (Å²) in [6.45, 7) is 2.01. The Morgan fingerprint density at radius 3 is 2.60 bits per heavy atom. The zero-order valence-corrected chi connectivity index (χ0v) is 12.2. The lowest BCUT2D eigenvalue weighted by Crippen LogP contribution is -1.97. The van der Waals surface area contributed by atoms with Crippen molar-refractivity contribution in [2.24, 2.45) is 5.73 Å². The summed E-state index contributed by atoms with van der Waals surface area (Å²) in [5.41, 5.74) is 16.1. The minimum atomic E-state index is 0.635. The zero-order chi connectivity index (χ0) is 14.7. The van der Waals surface area contributed by atoms with Crippen molar-refractivity contribution in [3.8, 4) is 16.9 Å². The number of anilines is 1. The van der Waals surface area contributed by atoms with Gasteiger partial charge in [0.1, 0.15) is 5.75 Å². The van der Waals surface area contributed by atoms with Gasteiger partial charge in [-0.2, -0.15) is 0 Å². The SMILES string of the molecule is COc1ccc(/C=C\N)c(C)c1-c1cc(Cl)ccc1N. The molecule has 4 N–H and O–H groups in total. The summed E-state index contributed by atoms with van der Waals surface area (Å²) in [5, 5.41) is 0.635. The van der Waals surface area contributed by atoms with Crippen molar-refractivity contribution in [2.75, 3.05) is 12.8 Å². The van der Waals surface area contributed by atoms with E-state index in [2.05, 4.69) is 0 Å². The Morgan fingerprint density at radius 2 is 1.95 bits per heavy atom. The van der Waals surface area contributed by atoms with Gasteiger partial charge in [0.15, 0.2) is 0 Å². The number of benzene rings is 2. The molecule has 0 atom stereocenters. The van der Waals surface area contributed by atoms with Gasteiger partial charge in [0.25, 0.3) is 0 Å². The first-order chi connectivity index (χ1) is 9.58. The molecule has 104 valence electrons. The maximum Gasteiger partial charge on any atom is 0.127 e. The quantitative estimate of drug-likeness (QED) is 0.844. The van der Waals surface area contributed by atoms with Crippen molar-refractivity contribution in [3.63, 3.8) is 0 Å². The third kappa shape index (κ3) is 2.58. The molecule has 0 radical (unpaired) electrons. The third-order valence-electron chi connectivity index (χ3n) is 3.25. The van der Waals surface area contributed by atoms with Gasteiger partial charge >= 0.3 is 0 Å². The fourth-order valence-corrected chi connectivity index (χ4v) is 2.41. The van der Waals surface area contributed by atoms with E-state index in [1.54, 1.807) is 19.2 Å². The smallest absolute Gasteiger partial charge is 0.127 e. The predicted molar refractivity (Wildman–Crippen MR) is 85.8 cm³/mol. The van der Waals surface area contributed by atoms with E-state index >= 15 is 0 Å². The number of ether oxygens (including phenoxy) is 1. The zero-order valence-electron chi connectivity index (χ0n) is 11.5. The van der Waals surface area contributed by atoms with Gasteiger partial charge in [0, 0.05) is 21.8 Å². The van der Waals surface area contributed by atoms with Crippen molar-refractivity contribution in [2.45, 2.75) is 6.92 Å². The summed E-state index contributed by atoms with van der Waals surface area (Å²) in [4.78, 5) is 0. The third-order valence-corrected chi connectivity index (χ3v) is 3.48. The highest BCUT2D eigenvalue weighted by atomic mass is 35.5. The molecule has 20 heavy (non-hydrogen) atoms. The van der Waals surface area contributed by atoms with Crippen LogP contribution in [-0.4, -0.2) is 7.11 Å². The van der Waals surface area contributed by atoms with E-state index in [1.807, 2.05) is 31.2 Å². The number of nitrogen functional groups attached to an aromatic ring is 1. The molecule has 0 amide bonds. The normalized spacial score (nSPS) is 10.9. The summed E-state index contributed by atoms with van der Waals surface area (Å²) in [6.07, 6.45) is 3.36. The molecule has 3 nitrogen and oxygen atoms in total. The van der Waals surface area contributed by atoms with Crippen molar-refractivity contribution in [1.82, 2.24) is 0 Å². The van der Waals surface area contributed by atoms with Crippen LogP contribution in [0.4, 0.5) is 5.69 Å². The Labute approximate surface area is 123 Å². The van der Waals surface area contributed by atoms with Gasteiger partial charge in [0.2, 0.25) is 0 Å². The van der Waals surface area contributed by atoms with Crippen LogP contribution in [0.2, 0.25) is 5.02 Å². The van der Waals surface area contributed by atoms with E-state index in [0.29, 0.717) is 10.7 Å². The molecule has 4 heteroatoms. The molecule has 0 saturated heterocycles. The van der Waals surface area contributed by atoms with Crippen molar-refractivity contribution >= 4 is 23.4 Å². The largest absolute Gasteiger partial charge is 0.496 e. The van der Waals surface area contributed by atoms with E-state index < -0.39 is 0 Å². The standard InChI is InChI=1S/C16H17ClN2O/c1-10-11(7-8-18)3-6-15(20-2)16(10)13-9-12(17)4-5-14(13)19/h3-9H,18-19H2,1-2H3/b8-7-. The van der Waals surface area contributed by atoms with E-state index in [0.717, 1.165) is 28.0 Å². The molecule has 0 saturated carbocycles. The first kappa shape index (κ1) is 14.3. The first-order valence-corrected chi connectivity index (χ1v) is 6.57. The Morgan fingerprint density at radius 1 is 1.20 bits per heavy atom.